The zero-order chi connectivity index (χ0) is 13.0. The van der Waals surface area contributed by atoms with Crippen LogP contribution in [0, 0.1) is 0 Å². The summed E-state index contributed by atoms with van der Waals surface area (Å²) in [7, 11) is 0. The molecule has 94 valence electrons. The first-order valence-corrected chi connectivity index (χ1v) is 6.93. The minimum absolute atomic E-state index is 0.0739. The molecule has 2 rings (SSSR count). The highest BCUT2D eigenvalue weighted by atomic mass is 79.9. The summed E-state index contributed by atoms with van der Waals surface area (Å²) < 4.78 is 3.05. The monoisotopic (exact) mass is 371 g/mol. The molecule has 0 fully saturated rings. The first-order chi connectivity index (χ1) is 8.65. The van der Waals surface area contributed by atoms with Crippen molar-refractivity contribution >= 4 is 37.8 Å². The van der Waals surface area contributed by atoms with Crippen LogP contribution in [0.2, 0.25) is 0 Å². The molecular formula is C12H11Br2N3O. The normalized spacial score (nSPS) is 10.3. The number of carbonyl (C=O) groups is 1. The standard InChI is InChI=1S/C12H11Br2N3O/c13-10-6-11(14)17(16-10)8-12(18)15-7-9-4-2-1-3-5-9/h1-6H,7-8H2,(H,15,18). The van der Waals surface area contributed by atoms with E-state index in [0.717, 1.165) is 10.2 Å². The average Bonchev–Trinajstić information content (AvgIpc) is 2.67. The van der Waals surface area contributed by atoms with Crippen LogP contribution in [-0.4, -0.2) is 15.7 Å². The van der Waals surface area contributed by atoms with Gasteiger partial charge in [-0.2, -0.15) is 5.10 Å². The van der Waals surface area contributed by atoms with Gasteiger partial charge in [-0.15, -0.1) is 0 Å². The molecule has 0 saturated heterocycles. The van der Waals surface area contributed by atoms with E-state index in [1.54, 1.807) is 10.7 Å². The van der Waals surface area contributed by atoms with Crippen molar-refractivity contribution in [2.75, 3.05) is 0 Å². The Hall–Kier alpha value is -1.14. The first-order valence-electron chi connectivity index (χ1n) is 5.34. The number of halogens is 2. The van der Waals surface area contributed by atoms with Crippen LogP contribution in [0.3, 0.4) is 0 Å². The lowest BCUT2D eigenvalue weighted by Crippen LogP contribution is -2.27. The Morgan fingerprint density at radius 3 is 2.61 bits per heavy atom. The maximum absolute atomic E-state index is 11.7. The highest BCUT2D eigenvalue weighted by Crippen LogP contribution is 2.15. The summed E-state index contributed by atoms with van der Waals surface area (Å²) in [6, 6.07) is 11.6. The van der Waals surface area contributed by atoms with E-state index in [2.05, 4.69) is 42.3 Å². The summed E-state index contributed by atoms with van der Waals surface area (Å²) in [5, 5.41) is 6.98. The predicted molar refractivity (Wildman–Crippen MR) is 75.9 cm³/mol. The van der Waals surface area contributed by atoms with Gasteiger partial charge in [0.25, 0.3) is 0 Å². The maximum Gasteiger partial charge on any atom is 0.242 e. The first kappa shape index (κ1) is 13.3. The van der Waals surface area contributed by atoms with Gasteiger partial charge >= 0.3 is 0 Å². The lowest BCUT2D eigenvalue weighted by Gasteiger charge is -2.06. The van der Waals surface area contributed by atoms with Gasteiger partial charge in [0.2, 0.25) is 5.91 Å². The highest BCUT2D eigenvalue weighted by molar-refractivity contribution is 9.11. The number of amides is 1. The molecule has 1 N–H and O–H groups in total. The van der Waals surface area contributed by atoms with Crippen molar-refractivity contribution in [3.05, 3.63) is 51.2 Å². The van der Waals surface area contributed by atoms with Crippen LogP contribution < -0.4 is 5.32 Å². The summed E-state index contributed by atoms with van der Waals surface area (Å²) in [6.07, 6.45) is 0. The van der Waals surface area contributed by atoms with E-state index in [9.17, 15) is 4.79 Å². The van der Waals surface area contributed by atoms with Gasteiger partial charge in [0, 0.05) is 12.6 Å². The number of aromatic nitrogens is 2. The topological polar surface area (TPSA) is 46.9 Å². The molecule has 0 aliphatic heterocycles. The van der Waals surface area contributed by atoms with E-state index in [1.807, 2.05) is 30.3 Å². The van der Waals surface area contributed by atoms with Crippen LogP contribution in [0.1, 0.15) is 5.56 Å². The molecule has 1 aromatic heterocycles. The molecule has 4 nitrogen and oxygen atoms in total. The molecule has 0 spiro atoms. The molecule has 18 heavy (non-hydrogen) atoms. The maximum atomic E-state index is 11.7. The number of hydrogen-bond acceptors (Lipinski definition) is 2. The lowest BCUT2D eigenvalue weighted by molar-refractivity contribution is -0.122. The van der Waals surface area contributed by atoms with Crippen molar-refractivity contribution in [2.24, 2.45) is 0 Å². The molecule has 0 atom stereocenters. The van der Waals surface area contributed by atoms with E-state index in [4.69, 9.17) is 0 Å². The Morgan fingerprint density at radius 2 is 2.00 bits per heavy atom. The van der Waals surface area contributed by atoms with Gasteiger partial charge in [-0.05, 0) is 37.4 Å². The van der Waals surface area contributed by atoms with Crippen molar-refractivity contribution in [2.45, 2.75) is 13.1 Å². The molecule has 0 aliphatic carbocycles. The van der Waals surface area contributed by atoms with Crippen LogP contribution in [-0.2, 0) is 17.9 Å². The minimum atomic E-state index is -0.0739. The van der Waals surface area contributed by atoms with Crippen molar-refractivity contribution < 1.29 is 4.79 Å². The summed E-state index contributed by atoms with van der Waals surface area (Å²) in [5.41, 5.74) is 1.08. The fourth-order valence-corrected chi connectivity index (χ4v) is 2.60. The second kappa shape index (κ2) is 6.15. The van der Waals surface area contributed by atoms with Crippen LogP contribution in [0.4, 0.5) is 0 Å². The van der Waals surface area contributed by atoms with Gasteiger partial charge in [0.15, 0.2) is 0 Å². The molecule has 2 aromatic rings. The zero-order valence-electron chi connectivity index (χ0n) is 9.44. The fourth-order valence-electron chi connectivity index (χ4n) is 1.46. The van der Waals surface area contributed by atoms with Gasteiger partial charge in [0.1, 0.15) is 15.8 Å². The minimum Gasteiger partial charge on any atom is -0.350 e. The molecular weight excluding hydrogens is 362 g/mol. The fraction of sp³-hybridized carbons (Fsp3) is 0.167. The Bertz CT molecular complexity index is 540. The smallest absolute Gasteiger partial charge is 0.242 e. The molecule has 1 aromatic carbocycles. The number of nitrogens with one attached hydrogen (secondary N) is 1. The second-order valence-corrected chi connectivity index (χ2v) is 5.33. The molecule has 0 radical (unpaired) electrons. The van der Waals surface area contributed by atoms with Crippen molar-refractivity contribution in [1.82, 2.24) is 15.1 Å². The van der Waals surface area contributed by atoms with Gasteiger partial charge in [-0.3, -0.25) is 4.79 Å². The molecule has 0 unspecified atom stereocenters. The molecule has 0 aliphatic rings. The molecule has 0 bridgehead atoms. The zero-order valence-corrected chi connectivity index (χ0v) is 12.6. The van der Waals surface area contributed by atoms with E-state index >= 15 is 0 Å². The third-order valence-electron chi connectivity index (χ3n) is 2.33. The summed E-state index contributed by atoms with van der Waals surface area (Å²) >= 11 is 6.59. The predicted octanol–water partition coefficient (Wildman–Crippen LogP) is 2.72. The van der Waals surface area contributed by atoms with Crippen LogP contribution in [0.5, 0.6) is 0 Å². The van der Waals surface area contributed by atoms with Crippen molar-refractivity contribution in [1.29, 1.82) is 0 Å². The number of benzene rings is 1. The van der Waals surface area contributed by atoms with Gasteiger partial charge in [-0.25, -0.2) is 4.68 Å². The molecule has 1 heterocycles. The number of carbonyl (C=O) groups excluding carboxylic acids is 1. The molecule has 0 saturated carbocycles. The van der Waals surface area contributed by atoms with Crippen LogP contribution in [0.15, 0.2) is 45.6 Å². The summed E-state index contributed by atoms with van der Waals surface area (Å²) in [6.45, 7) is 0.721. The summed E-state index contributed by atoms with van der Waals surface area (Å²) in [4.78, 5) is 11.7. The second-order valence-electron chi connectivity index (χ2n) is 3.71. The SMILES string of the molecule is O=C(Cn1nc(Br)cc1Br)NCc1ccccc1. The third-order valence-corrected chi connectivity index (χ3v) is 3.35. The molecule has 6 heteroatoms. The Balaban J connectivity index is 1.88. The third kappa shape index (κ3) is 3.68. The highest BCUT2D eigenvalue weighted by Gasteiger charge is 2.08. The van der Waals surface area contributed by atoms with E-state index in [1.165, 1.54) is 0 Å². The molecule has 1 amide bonds. The van der Waals surface area contributed by atoms with Crippen molar-refractivity contribution in [3.63, 3.8) is 0 Å². The Kier molecular flexibility index (Phi) is 4.54. The Labute approximate surface area is 122 Å². The van der Waals surface area contributed by atoms with Crippen LogP contribution in [0.25, 0.3) is 0 Å². The number of rotatable bonds is 4. The quantitative estimate of drug-likeness (QED) is 0.896. The average molecular weight is 373 g/mol. The lowest BCUT2D eigenvalue weighted by atomic mass is 10.2. The van der Waals surface area contributed by atoms with Crippen LogP contribution >= 0.6 is 31.9 Å². The van der Waals surface area contributed by atoms with E-state index in [-0.39, 0.29) is 12.5 Å². The van der Waals surface area contributed by atoms with E-state index in [0.29, 0.717) is 11.1 Å². The van der Waals surface area contributed by atoms with Gasteiger partial charge < -0.3 is 5.32 Å². The number of hydrogen-bond donors (Lipinski definition) is 1. The summed E-state index contributed by atoms with van der Waals surface area (Å²) in [5.74, 6) is -0.0739. The van der Waals surface area contributed by atoms with Gasteiger partial charge in [-0.1, -0.05) is 30.3 Å². The number of nitrogens with zero attached hydrogens (tertiary/aromatic N) is 2. The van der Waals surface area contributed by atoms with Crippen molar-refractivity contribution in [3.8, 4) is 0 Å². The Morgan fingerprint density at radius 1 is 1.28 bits per heavy atom. The van der Waals surface area contributed by atoms with E-state index < -0.39 is 0 Å². The van der Waals surface area contributed by atoms with Gasteiger partial charge in [0.05, 0.1) is 0 Å². The largest absolute Gasteiger partial charge is 0.350 e.